The molecule has 2 aliphatic rings. The molecular formula is C11H22N2. The Morgan fingerprint density at radius 2 is 1.77 bits per heavy atom. The van der Waals surface area contributed by atoms with E-state index in [-0.39, 0.29) is 0 Å². The molecule has 1 atom stereocenters. The molecule has 1 saturated carbocycles. The van der Waals surface area contributed by atoms with Crippen molar-refractivity contribution in [3.63, 3.8) is 0 Å². The predicted octanol–water partition coefficient (Wildman–Crippen LogP) is 1.47. The number of rotatable bonds is 2. The van der Waals surface area contributed by atoms with E-state index in [1.54, 1.807) is 0 Å². The summed E-state index contributed by atoms with van der Waals surface area (Å²) in [7, 11) is 2.08. The first kappa shape index (κ1) is 9.47. The fourth-order valence-corrected chi connectivity index (χ4v) is 2.56. The molecule has 2 heteroatoms. The van der Waals surface area contributed by atoms with Crippen molar-refractivity contribution in [3.05, 3.63) is 0 Å². The molecular weight excluding hydrogens is 160 g/mol. The van der Waals surface area contributed by atoms with Gasteiger partial charge in [-0.05, 0) is 44.8 Å². The van der Waals surface area contributed by atoms with Crippen LogP contribution in [0.1, 0.15) is 33.1 Å². The van der Waals surface area contributed by atoms with E-state index in [4.69, 9.17) is 0 Å². The number of nitrogens with one attached hydrogen (secondary N) is 1. The summed E-state index contributed by atoms with van der Waals surface area (Å²) in [6.07, 6.45) is 4.09. The molecule has 0 aromatic rings. The van der Waals surface area contributed by atoms with E-state index in [0.717, 1.165) is 12.1 Å². The molecule has 0 amide bonds. The lowest BCUT2D eigenvalue weighted by Gasteiger charge is -2.32. The molecule has 1 unspecified atom stereocenters. The minimum atomic E-state index is 0.618. The molecule has 0 aromatic carbocycles. The first-order chi connectivity index (χ1) is 6.13. The van der Waals surface area contributed by atoms with Crippen LogP contribution in [0, 0.1) is 5.41 Å². The Morgan fingerprint density at radius 1 is 1.23 bits per heavy atom. The average molecular weight is 182 g/mol. The van der Waals surface area contributed by atoms with Gasteiger partial charge >= 0.3 is 0 Å². The van der Waals surface area contributed by atoms with Crippen molar-refractivity contribution in [2.75, 3.05) is 20.1 Å². The lowest BCUT2D eigenvalue weighted by molar-refractivity contribution is 0.175. The van der Waals surface area contributed by atoms with Crippen LogP contribution in [-0.4, -0.2) is 37.1 Å². The van der Waals surface area contributed by atoms with Gasteiger partial charge in [0.25, 0.3) is 0 Å². The monoisotopic (exact) mass is 182 g/mol. The molecule has 1 N–H and O–H groups in total. The number of piperidine rings is 1. The highest BCUT2D eigenvalue weighted by molar-refractivity contribution is 5.03. The highest BCUT2D eigenvalue weighted by Gasteiger charge is 2.49. The zero-order valence-corrected chi connectivity index (χ0v) is 9.14. The van der Waals surface area contributed by atoms with Gasteiger partial charge < -0.3 is 5.32 Å². The Labute approximate surface area is 81.7 Å². The maximum Gasteiger partial charge on any atom is 0.0153 e. The van der Waals surface area contributed by atoms with E-state index in [9.17, 15) is 0 Å². The summed E-state index contributed by atoms with van der Waals surface area (Å²) in [6.45, 7) is 7.39. The third-order valence-corrected chi connectivity index (χ3v) is 3.84. The summed E-state index contributed by atoms with van der Waals surface area (Å²) in [5.41, 5.74) is 0.618. The van der Waals surface area contributed by atoms with E-state index in [1.165, 1.54) is 32.4 Å². The van der Waals surface area contributed by atoms with Gasteiger partial charge in [0.15, 0.2) is 0 Å². The summed E-state index contributed by atoms with van der Waals surface area (Å²) < 4.78 is 0. The minimum absolute atomic E-state index is 0.618. The van der Waals surface area contributed by atoms with Gasteiger partial charge in [-0.2, -0.15) is 0 Å². The van der Waals surface area contributed by atoms with Gasteiger partial charge in [-0.3, -0.25) is 4.90 Å². The number of hydrogen-bond donors (Lipinski definition) is 1. The van der Waals surface area contributed by atoms with Crippen LogP contribution in [-0.2, 0) is 0 Å². The molecule has 13 heavy (non-hydrogen) atoms. The van der Waals surface area contributed by atoms with Gasteiger partial charge in [0, 0.05) is 12.1 Å². The van der Waals surface area contributed by atoms with Crippen molar-refractivity contribution < 1.29 is 0 Å². The smallest absolute Gasteiger partial charge is 0.0153 e. The van der Waals surface area contributed by atoms with Crippen LogP contribution in [0.5, 0.6) is 0 Å². The van der Waals surface area contributed by atoms with Gasteiger partial charge in [-0.1, -0.05) is 13.8 Å². The summed E-state index contributed by atoms with van der Waals surface area (Å²) in [5.74, 6) is 0. The topological polar surface area (TPSA) is 15.3 Å². The molecule has 2 rings (SSSR count). The second kappa shape index (κ2) is 3.25. The summed E-state index contributed by atoms with van der Waals surface area (Å²) >= 11 is 0. The fraction of sp³-hybridized carbons (Fsp3) is 1.00. The maximum atomic E-state index is 3.38. The molecule has 1 saturated heterocycles. The van der Waals surface area contributed by atoms with Crippen molar-refractivity contribution in [3.8, 4) is 0 Å². The van der Waals surface area contributed by atoms with Crippen LogP contribution in [0.3, 0.4) is 0 Å². The fourth-order valence-electron chi connectivity index (χ4n) is 2.56. The lowest BCUT2D eigenvalue weighted by Crippen LogP contribution is -2.43. The maximum absolute atomic E-state index is 3.38. The Kier molecular flexibility index (Phi) is 2.37. The highest BCUT2D eigenvalue weighted by atomic mass is 15.2. The van der Waals surface area contributed by atoms with Crippen molar-refractivity contribution in [1.29, 1.82) is 0 Å². The molecule has 1 heterocycles. The molecule has 0 radical (unpaired) electrons. The molecule has 0 spiro atoms. The van der Waals surface area contributed by atoms with Gasteiger partial charge in [-0.15, -0.1) is 0 Å². The SMILES string of the molecule is CNC1CCN(C2CC2(C)C)CC1. The minimum Gasteiger partial charge on any atom is -0.317 e. The van der Waals surface area contributed by atoms with Crippen LogP contribution < -0.4 is 5.32 Å². The standard InChI is InChI=1S/C11H22N2/c1-11(2)8-10(11)13-6-4-9(12-3)5-7-13/h9-10,12H,4-8H2,1-3H3. The van der Waals surface area contributed by atoms with Gasteiger partial charge in [0.1, 0.15) is 0 Å². The Balaban J connectivity index is 1.79. The summed E-state index contributed by atoms with van der Waals surface area (Å²) in [4.78, 5) is 2.69. The number of likely N-dealkylation sites (tertiary alicyclic amines) is 1. The second-order valence-corrected chi connectivity index (χ2v) is 5.31. The second-order valence-electron chi connectivity index (χ2n) is 5.31. The Hall–Kier alpha value is -0.0800. The third-order valence-electron chi connectivity index (χ3n) is 3.84. The quantitative estimate of drug-likeness (QED) is 0.695. The normalized spacial score (nSPS) is 34.8. The van der Waals surface area contributed by atoms with E-state index < -0.39 is 0 Å². The summed E-state index contributed by atoms with van der Waals surface area (Å²) in [6, 6.07) is 1.67. The van der Waals surface area contributed by atoms with Crippen LogP contribution >= 0.6 is 0 Å². The van der Waals surface area contributed by atoms with Crippen molar-refractivity contribution in [2.24, 2.45) is 5.41 Å². The lowest BCUT2D eigenvalue weighted by atomic mass is 10.0. The summed E-state index contributed by atoms with van der Waals surface area (Å²) in [5, 5.41) is 3.38. The average Bonchev–Trinajstić information content (AvgIpc) is 2.76. The zero-order valence-electron chi connectivity index (χ0n) is 9.14. The zero-order chi connectivity index (χ0) is 9.47. The molecule has 2 fully saturated rings. The highest BCUT2D eigenvalue weighted by Crippen LogP contribution is 2.49. The van der Waals surface area contributed by atoms with E-state index in [0.29, 0.717) is 5.41 Å². The van der Waals surface area contributed by atoms with Gasteiger partial charge in [0.2, 0.25) is 0 Å². The van der Waals surface area contributed by atoms with E-state index in [1.807, 2.05) is 0 Å². The molecule has 0 bridgehead atoms. The van der Waals surface area contributed by atoms with Gasteiger partial charge in [-0.25, -0.2) is 0 Å². The molecule has 2 nitrogen and oxygen atoms in total. The number of hydrogen-bond acceptors (Lipinski definition) is 2. The largest absolute Gasteiger partial charge is 0.317 e. The first-order valence-electron chi connectivity index (χ1n) is 5.55. The predicted molar refractivity (Wildman–Crippen MR) is 55.8 cm³/mol. The molecule has 1 aliphatic carbocycles. The molecule has 76 valence electrons. The van der Waals surface area contributed by atoms with Crippen LogP contribution in [0.15, 0.2) is 0 Å². The van der Waals surface area contributed by atoms with E-state index >= 15 is 0 Å². The van der Waals surface area contributed by atoms with Gasteiger partial charge in [0.05, 0.1) is 0 Å². The van der Waals surface area contributed by atoms with Crippen molar-refractivity contribution in [1.82, 2.24) is 10.2 Å². The molecule has 0 aromatic heterocycles. The number of nitrogens with zero attached hydrogens (tertiary/aromatic N) is 1. The van der Waals surface area contributed by atoms with Crippen LogP contribution in [0.2, 0.25) is 0 Å². The van der Waals surface area contributed by atoms with Crippen LogP contribution in [0.4, 0.5) is 0 Å². The van der Waals surface area contributed by atoms with Crippen molar-refractivity contribution >= 4 is 0 Å². The first-order valence-corrected chi connectivity index (χ1v) is 5.55. The Morgan fingerprint density at radius 3 is 2.15 bits per heavy atom. The van der Waals surface area contributed by atoms with E-state index in [2.05, 4.69) is 31.1 Å². The van der Waals surface area contributed by atoms with Crippen LogP contribution in [0.25, 0.3) is 0 Å². The van der Waals surface area contributed by atoms with Crippen molar-refractivity contribution in [2.45, 2.75) is 45.2 Å². The third kappa shape index (κ3) is 1.89. The Bertz CT molecular complexity index is 181. The molecule has 1 aliphatic heterocycles.